The number of hydrogen-bond donors (Lipinski definition) is 1. The molecule has 0 bridgehead atoms. The number of amides is 2. The minimum atomic E-state index is -0.425. The molecule has 35 heavy (non-hydrogen) atoms. The van der Waals surface area contributed by atoms with Gasteiger partial charge in [-0.2, -0.15) is 10.2 Å². The second-order valence-electron chi connectivity index (χ2n) is 9.44. The Morgan fingerprint density at radius 1 is 1.09 bits per heavy atom. The van der Waals surface area contributed by atoms with Crippen molar-refractivity contribution in [1.29, 1.82) is 0 Å². The number of aryl methyl sites for hydroxylation is 1. The van der Waals surface area contributed by atoms with Crippen molar-refractivity contribution in [2.45, 2.75) is 31.8 Å². The topological polar surface area (TPSA) is 85.1 Å². The second-order valence-corrected chi connectivity index (χ2v) is 9.44. The number of carbonyl (C=O) groups excluding carboxylic acids is 2. The van der Waals surface area contributed by atoms with Gasteiger partial charge in [0.15, 0.2) is 0 Å². The molecule has 178 valence electrons. The van der Waals surface area contributed by atoms with Gasteiger partial charge in [0.05, 0.1) is 35.1 Å². The number of anilines is 1. The zero-order chi connectivity index (χ0) is 24.3. The van der Waals surface area contributed by atoms with E-state index in [4.69, 9.17) is 0 Å². The molecule has 3 atom stereocenters. The third-order valence-corrected chi connectivity index (χ3v) is 6.98. The quantitative estimate of drug-likeness (QED) is 0.482. The summed E-state index contributed by atoms with van der Waals surface area (Å²) in [7, 11) is 1.84. The monoisotopic (exact) mass is 472 g/mol. The number of nitrogens with one attached hydrogen (secondary N) is 1. The maximum Gasteiger partial charge on any atom is 0.232 e. The Morgan fingerprint density at radius 3 is 2.51 bits per heavy atom. The molecule has 2 amide bonds. The molecule has 1 saturated carbocycles. The van der Waals surface area contributed by atoms with E-state index in [2.05, 4.69) is 15.5 Å². The SMILES string of the molecule is CC1C(=O)N(c2ccc3c(cnn3-c3ccc(F)cc3)c2)C(c2ccn(C)n2)C1NC(=O)C1CC1. The van der Waals surface area contributed by atoms with Gasteiger partial charge in [-0.05, 0) is 61.4 Å². The van der Waals surface area contributed by atoms with Crippen molar-refractivity contribution in [3.8, 4) is 5.69 Å². The fourth-order valence-corrected chi connectivity index (χ4v) is 4.93. The van der Waals surface area contributed by atoms with Gasteiger partial charge in [0.25, 0.3) is 0 Å². The third kappa shape index (κ3) is 3.67. The van der Waals surface area contributed by atoms with Crippen LogP contribution < -0.4 is 10.2 Å². The van der Waals surface area contributed by atoms with Crippen LogP contribution in [0.5, 0.6) is 0 Å². The molecule has 2 fully saturated rings. The van der Waals surface area contributed by atoms with Crippen LogP contribution in [0.15, 0.2) is 60.9 Å². The number of halogens is 1. The fraction of sp³-hybridized carbons (Fsp3) is 0.308. The standard InChI is InChI=1S/C26H25FN6O2/c1-15-23(29-25(34)16-3-4-16)24(21-11-12-31(2)30-21)32(26(15)35)20-9-10-22-17(13-20)14-28-33(22)19-7-5-18(27)6-8-19/h5-16,23-24H,3-4H2,1-2H3,(H,29,34). The molecule has 1 saturated heterocycles. The lowest BCUT2D eigenvalue weighted by molar-refractivity contribution is -0.123. The van der Waals surface area contributed by atoms with Gasteiger partial charge in [-0.1, -0.05) is 6.92 Å². The van der Waals surface area contributed by atoms with Gasteiger partial charge in [-0.3, -0.25) is 14.3 Å². The van der Waals surface area contributed by atoms with Crippen LogP contribution in [0.2, 0.25) is 0 Å². The summed E-state index contributed by atoms with van der Waals surface area (Å²) in [6, 6.07) is 12.9. The van der Waals surface area contributed by atoms with E-state index in [1.165, 1.54) is 12.1 Å². The summed E-state index contributed by atoms with van der Waals surface area (Å²) in [4.78, 5) is 28.0. The molecule has 2 aromatic carbocycles. The lowest BCUT2D eigenvalue weighted by atomic mass is 9.97. The molecular weight excluding hydrogens is 447 g/mol. The van der Waals surface area contributed by atoms with E-state index in [-0.39, 0.29) is 29.6 Å². The van der Waals surface area contributed by atoms with Crippen LogP contribution >= 0.6 is 0 Å². The maximum absolute atomic E-state index is 13.6. The van der Waals surface area contributed by atoms with Crippen LogP contribution in [-0.2, 0) is 16.6 Å². The lowest BCUT2D eigenvalue weighted by Gasteiger charge is -2.28. The van der Waals surface area contributed by atoms with Crippen molar-refractivity contribution in [3.05, 3.63) is 72.4 Å². The van der Waals surface area contributed by atoms with Gasteiger partial charge in [-0.15, -0.1) is 0 Å². The van der Waals surface area contributed by atoms with Crippen LogP contribution in [0.1, 0.15) is 31.5 Å². The predicted octanol–water partition coefficient (Wildman–Crippen LogP) is 3.52. The first-order valence-electron chi connectivity index (χ1n) is 11.8. The molecule has 3 heterocycles. The van der Waals surface area contributed by atoms with E-state index in [1.807, 2.05) is 44.4 Å². The van der Waals surface area contributed by atoms with Gasteiger partial charge in [0.1, 0.15) is 11.9 Å². The Labute approximate surface area is 201 Å². The Bertz CT molecular complexity index is 1440. The van der Waals surface area contributed by atoms with Crippen molar-refractivity contribution >= 4 is 28.4 Å². The van der Waals surface area contributed by atoms with E-state index in [0.29, 0.717) is 5.69 Å². The fourth-order valence-electron chi connectivity index (χ4n) is 4.93. The van der Waals surface area contributed by atoms with Gasteiger partial charge in [-0.25, -0.2) is 9.07 Å². The number of hydrogen-bond acceptors (Lipinski definition) is 4. The van der Waals surface area contributed by atoms with Crippen LogP contribution in [0.3, 0.4) is 0 Å². The van der Waals surface area contributed by atoms with Crippen molar-refractivity contribution in [3.63, 3.8) is 0 Å². The van der Waals surface area contributed by atoms with Crippen molar-refractivity contribution in [2.24, 2.45) is 18.9 Å². The van der Waals surface area contributed by atoms with Gasteiger partial charge >= 0.3 is 0 Å². The summed E-state index contributed by atoms with van der Waals surface area (Å²) in [6.45, 7) is 1.86. The van der Waals surface area contributed by atoms with Crippen molar-refractivity contribution < 1.29 is 14.0 Å². The molecule has 6 rings (SSSR count). The molecule has 3 unspecified atom stereocenters. The highest BCUT2D eigenvalue weighted by atomic mass is 19.1. The number of nitrogens with zero attached hydrogens (tertiary/aromatic N) is 5. The first-order chi connectivity index (χ1) is 16.9. The Balaban J connectivity index is 1.40. The predicted molar refractivity (Wildman–Crippen MR) is 128 cm³/mol. The molecule has 0 radical (unpaired) electrons. The van der Waals surface area contributed by atoms with Gasteiger partial charge < -0.3 is 10.2 Å². The van der Waals surface area contributed by atoms with Crippen LogP contribution in [-0.4, -0.2) is 37.4 Å². The second kappa shape index (κ2) is 8.04. The average Bonchev–Trinajstić information content (AvgIpc) is 3.42. The lowest BCUT2D eigenvalue weighted by Crippen LogP contribution is -2.42. The van der Waals surface area contributed by atoms with E-state index in [0.717, 1.165) is 35.1 Å². The van der Waals surface area contributed by atoms with Crippen molar-refractivity contribution in [2.75, 3.05) is 4.90 Å². The molecule has 8 nitrogen and oxygen atoms in total. The maximum atomic E-state index is 13.6. The van der Waals surface area contributed by atoms with E-state index in [1.54, 1.807) is 32.6 Å². The minimum absolute atomic E-state index is 0.00783. The summed E-state index contributed by atoms with van der Waals surface area (Å²) in [5.74, 6) is -0.717. The number of fused-ring (bicyclic) bond motifs is 1. The summed E-state index contributed by atoms with van der Waals surface area (Å²) in [5.41, 5.74) is 3.03. The highest BCUT2D eigenvalue weighted by molar-refractivity contribution is 6.01. The average molecular weight is 473 g/mol. The Hall–Kier alpha value is -4.01. The molecule has 1 aliphatic carbocycles. The van der Waals surface area contributed by atoms with Crippen LogP contribution in [0, 0.1) is 17.7 Å². The van der Waals surface area contributed by atoms with Gasteiger partial charge in [0.2, 0.25) is 11.8 Å². The van der Waals surface area contributed by atoms with Gasteiger partial charge in [0, 0.05) is 30.2 Å². The number of rotatable bonds is 5. The molecule has 1 N–H and O–H groups in total. The van der Waals surface area contributed by atoms with E-state index < -0.39 is 12.0 Å². The molecule has 9 heteroatoms. The van der Waals surface area contributed by atoms with Crippen LogP contribution in [0.4, 0.5) is 10.1 Å². The van der Waals surface area contributed by atoms with Crippen LogP contribution in [0.25, 0.3) is 16.6 Å². The molecule has 2 aliphatic rings. The zero-order valence-electron chi connectivity index (χ0n) is 19.4. The first-order valence-corrected chi connectivity index (χ1v) is 11.8. The Morgan fingerprint density at radius 2 is 1.83 bits per heavy atom. The van der Waals surface area contributed by atoms with E-state index >= 15 is 0 Å². The smallest absolute Gasteiger partial charge is 0.232 e. The zero-order valence-corrected chi connectivity index (χ0v) is 19.4. The molecule has 0 spiro atoms. The van der Waals surface area contributed by atoms with Crippen molar-refractivity contribution in [1.82, 2.24) is 24.9 Å². The highest BCUT2D eigenvalue weighted by Crippen LogP contribution is 2.41. The summed E-state index contributed by atoms with van der Waals surface area (Å²) in [5, 5.41) is 13.1. The summed E-state index contributed by atoms with van der Waals surface area (Å²) >= 11 is 0. The third-order valence-electron chi connectivity index (χ3n) is 6.98. The summed E-state index contributed by atoms with van der Waals surface area (Å²) < 4.78 is 16.8. The normalized spacial score (nSPS) is 22.2. The van der Waals surface area contributed by atoms with E-state index in [9.17, 15) is 14.0 Å². The highest BCUT2D eigenvalue weighted by Gasteiger charge is 2.49. The Kier molecular flexibility index (Phi) is 4.94. The number of carbonyl (C=O) groups is 2. The number of benzene rings is 2. The largest absolute Gasteiger partial charge is 0.350 e. The molecule has 4 aromatic rings. The minimum Gasteiger partial charge on any atom is -0.350 e. The molecule has 2 aromatic heterocycles. The summed E-state index contributed by atoms with van der Waals surface area (Å²) in [6.07, 6.45) is 5.37. The molecular formula is C26H25FN6O2. The first kappa shape index (κ1) is 21.5. The molecule has 1 aliphatic heterocycles. The number of aromatic nitrogens is 4.